The number of rotatable bonds is 5. The number of nitrogens with zero attached hydrogens (tertiary/aromatic N) is 3. The maximum Gasteiger partial charge on any atom is 0.257 e. The molecule has 1 atom stereocenters. The van der Waals surface area contributed by atoms with Gasteiger partial charge in [0.05, 0.1) is 12.5 Å². The summed E-state index contributed by atoms with van der Waals surface area (Å²) in [5, 5.41) is 7.81. The number of hydrogen-bond donors (Lipinski definition) is 1. The van der Waals surface area contributed by atoms with Gasteiger partial charge in [-0.25, -0.2) is 0 Å². The minimum absolute atomic E-state index is 0.0264. The van der Waals surface area contributed by atoms with Crippen molar-refractivity contribution in [2.75, 3.05) is 18.4 Å². The standard InChI is InChI=1S/C23H25ClN4O2/c1-15-8-10-17(11-9-15)23-26-21(27-30-23)14-28-12-4-5-18(13-28)22(29)25-20-7-3-6-19(24)16(20)2/h3,6-11,18H,4-5,12-14H2,1-2H3,(H,25,29)/t18-/m0/s1. The molecular formula is C23H25ClN4O2. The van der Waals surface area contributed by atoms with Crippen LogP contribution >= 0.6 is 11.6 Å². The zero-order valence-corrected chi connectivity index (χ0v) is 17.9. The van der Waals surface area contributed by atoms with Crippen LogP contribution in [0.1, 0.15) is 29.8 Å². The number of piperidine rings is 1. The van der Waals surface area contributed by atoms with Gasteiger partial charge in [-0.1, -0.05) is 40.5 Å². The highest BCUT2D eigenvalue weighted by molar-refractivity contribution is 6.31. The first kappa shape index (κ1) is 20.6. The zero-order valence-electron chi connectivity index (χ0n) is 17.2. The molecule has 0 bridgehead atoms. The van der Waals surface area contributed by atoms with Gasteiger partial charge in [-0.15, -0.1) is 0 Å². The van der Waals surface area contributed by atoms with Crippen molar-refractivity contribution in [2.45, 2.75) is 33.2 Å². The van der Waals surface area contributed by atoms with E-state index in [2.05, 4.69) is 20.4 Å². The van der Waals surface area contributed by atoms with Gasteiger partial charge in [-0.3, -0.25) is 9.69 Å². The number of halogens is 1. The Morgan fingerprint density at radius 2 is 2.03 bits per heavy atom. The third kappa shape index (κ3) is 4.71. The van der Waals surface area contributed by atoms with Crippen molar-refractivity contribution in [3.63, 3.8) is 0 Å². The first-order valence-corrected chi connectivity index (χ1v) is 10.6. The van der Waals surface area contributed by atoms with Crippen molar-refractivity contribution in [3.8, 4) is 11.5 Å². The number of amides is 1. The molecule has 0 saturated carbocycles. The monoisotopic (exact) mass is 424 g/mol. The van der Waals surface area contributed by atoms with Crippen molar-refractivity contribution >= 4 is 23.2 Å². The predicted octanol–water partition coefficient (Wildman–Crippen LogP) is 4.86. The van der Waals surface area contributed by atoms with Crippen LogP contribution in [0.5, 0.6) is 0 Å². The van der Waals surface area contributed by atoms with Gasteiger partial charge in [0, 0.05) is 22.8 Å². The van der Waals surface area contributed by atoms with Crippen LogP contribution in [0.15, 0.2) is 47.0 Å². The Labute approximate surface area is 181 Å². The summed E-state index contributed by atoms with van der Waals surface area (Å²) in [6.07, 6.45) is 1.82. The van der Waals surface area contributed by atoms with Crippen molar-refractivity contribution in [2.24, 2.45) is 5.92 Å². The molecule has 6 nitrogen and oxygen atoms in total. The molecule has 2 aromatic carbocycles. The molecule has 1 fully saturated rings. The van der Waals surface area contributed by atoms with E-state index in [0.29, 0.717) is 29.8 Å². The molecule has 156 valence electrons. The number of carbonyl (C=O) groups is 1. The van der Waals surface area contributed by atoms with Crippen LogP contribution in [0.4, 0.5) is 5.69 Å². The van der Waals surface area contributed by atoms with Gasteiger partial charge in [0.1, 0.15) is 0 Å². The summed E-state index contributed by atoms with van der Waals surface area (Å²) in [6.45, 7) is 6.09. The summed E-state index contributed by atoms with van der Waals surface area (Å²) in [4.78, 5) is 19.6. The van der Waals surface area contributed by atoms with Gasteiger partial charge in [0.2, 0.25) is 5.91 Å². The predicted molar refractivity (Wildman–Crippen MR) is 117 cm³/mol. The molecule has 0 aliphatic carbocycles. The SMILES string of the molecule is Cc1ccc(-c2nc(CN3CCC[C@H](C(=O)Nc4cccc(Cl)c4C)C3)no2)cc1. The van der Waals surface area contributed by atoms with Crippen molar-refractivity contribution in [3.05, 3.63) is 64.4 Å². The fourth-order valence-corrected chi connectivity index (χ4v) is 3.90. The molecule has 2 heterocycles. The lowest BCUT2D eigenvalue weighted by Crippen LogP contribution is -2.40. The lowest BCUT2D eigenvalue weighted by Gasteiger charge is -2.31. The van der Waals surface area contributed by atoms with E-state index in [-0.39, 0.29) is 11.8 Å². The van der Waals surface area contributed by atoms with Gasteiger partial charge >= 0.3 is 0 Å². The van der Waals surface area contributed by atoms with Crippen molar-refractivity contribution < 1.29 is 9.32 Å². The second-order valence-corrected chi connectivity index (χ2v) is 8.26. The first-order valence-electron chi connectivity index (χ1n) is 10.2. The second kappa shape index (κ2) is 8.98. The number of nitrogens with one attached hydrogen (secondary N) is 1. The van der Waals surface area contributed by atoms with Gasteiger partial charge < -0.3 is 9.84 Å². The summed E-state index contributed by atoms with van der Waals surface area (Å²) < 4.78 is 5.43. The molecule has 0 radical (unpaired) electrons. The van der Waals surface area contributed by atoms with E-state index in [1.54, 1.807) is 0 Å². The van der Waals surface area contributed by atoms with Crippen LogP contribution in [0.2, 0.25) is 5.02 Å². The van der Waals surface area contributed by atoms with Crippen LogP contribution in [0, 0.1) is 19.8 Å². The number of carbonyl (C=O) groups excluding carboxylic acids is 1. The molecule has 30 heavy (non-hydrogen) atoms. The molecule has 1 amide bonds. The Bertz CT molecular complexity index is 1030. The average Bonchev–Trinajstić information content (AvgIpc) is 3.20. The molecule has 0 spiro atoms. The van der Waals surface area contributed by atoms with Crippen LogP contribution in [-0.2, 0) is 11.3 Å². The van der Waals surface area contributed by atoms with Crippen LogP contribution in [0.25, 0.3) is 11.5 Å². The van der Waals surface area contributed by atoms with Crippen LogP contribution < -0.4 is 5.32 Å². The number of aryl methyl sites for hydroxylation is 1. The molecule has 1 saturated heterocycles. The summed E-state index contributed by atoms with van der Waals surface area (Å²) in [5.41, 5.74) is 3.75. The Morgan fingerprint density at radius 3 is 2.83 bits per heavy atom. The highest BCUT2D eigenvalue weighted by atomic mass is 35.5. The maximum atomic E-state index is 12.8. The third-order valence-corrected chi connectivity index (χ3v) is 5.94. The second-order valence-electron chi connectivity index (χ2n) is 7.86. The molecular weight excluding hydrogens is 400 g/mol. The largest absolute Gasteiger partial charge is 0.334 e. The van der Waals surface area contributed by atoms with E-state index in [1.165, 1.54) is 5.56 Å². The highest BCUT2D eigenvalue weighted by Gasteiger charge is 2.27. The Balaban J connectivity index is 1.38. The van der Waals surface area contributed by atoms with E-state index in [9.17, 15) is 4.79 Å². The molecule has 1 N–H and O–H groups in total. The molecule has 7 heteroatoms. The Kier molecular flexibility index (Phi) is 6.16. The van der Waals surface area contributed by atoms with Gasteiger partial charge in [-0.05, 0) is 63.1 Å². The van der Waals surface area contributed by atoms with Gasteiger partial charge in [0.25, 0.3) is 5.89 Å². The van der Waals surface area contributed by atoms with Gasteiger partial charge in [-0.2, -0.15) is 4.98 Å². The number of hydrogen-bond acceptors (Lipinski definition) is 5. The minimum Gasteiger partial charge on any atom is -0.334 e. The minimum atomic E-state index is -0.0828. The summed E-state index contributed by atoms with van der Waals surface area (Å²) in [6, 6.07) is 13.6. The summed E-state index contributed by atoms with van der Waals surface area (Å²) in [7, 11) is 0. The van der Waals surface area contributed by atoms with Crippen molar-refractivity contribution in [1.29, 1.82) is 0 Å². The fraction of sp³-hybridized carbons (Fsp3) is 0.348. The lowest BCUT2D eigenvalue weighted by molar-refractivity contribution is -0.121. The van der Waals surface area contributed by atoms with E-state index in [4.69, 9.17) is 16.1 Å². The summed E-state index contributed by atoms with van der Waals surface area (Å²) in [5.74, 6) is 1.10. The topological polar surface area (TPSA) is 71.3 Å². The zero-order chi connectivity index (χ0) is 21.1. The molecule has 3 aromatic rings. The molecule has 0 unspecified atom stereocenters. The molecule has 1 aliphatic rings. The number of aromatic nitrogens is 2. The van der Waals surface area contributed by atoms with Crippen LogP contribution in [0.3, 0.4) is 0 Å². The highest BCUT2D eigenvalue weighted by Crippen LogP contribution is 2.25. The summed E-state index contributed by atoms with van der Waals surface area (Å²) >= 11 is 6.17. The third-order valence-electron chi connectivity index (χ3n) is 5.53. The van der Waals surface area contributed by atoms with Crippen LogP contribution in [-0.4, -0.2) is 34.0 Å². The maximum absolute atomic E-state index is 12.8. The fourth-order valence-electron chi connectivity index (χ4n) is 3.72. The average molecular weight is 425 g/mol. The number of likely N-dealkylation sites (tertiary alicyclic amines) is 1. The van der Waals surface area contributed by atoms with Gasteiger partial charge in [0.15, 0.2) is 5.82 Å². The molecule has 1 aromatic heterocycles. The Morgan fingerprint density at radius 1 is 1.23 bits per heavy atom. The van der Waals surface area contributed by atoms with E-state index in [1.807, 2.05) is 56.3 Å². The number of benzene rings is 2. The molecule has 4 rings (SSSR count). The van der Waals surface area contributed by atoms with Crippen molar-refractivity contribution in [1.82, 2.24) is 15.0 Å². The van der Waals surface area contributed by atoms with E-state index >= 15 is 0 Å². The number of anilines is 1. The van der Waals surface area contributed by atoms with E-state index < -0.39 is 0 Å². The quantitative estimate of drug-likeness (QED) is 0.633. The Hall–Kier alpha value is -2.70. The lowest BCUT2D eigenvalue weighted by atomic mass is 9.97. The normalized spacial score (nSPS) is 17.1. The molecule has 1 aliphatic heterocycles. The smallest absolute Gasteiger partial charge is 0.257 e. The first-order chi connectivity index (χ1) is 14.5. The van der Waals surface area contributed by atoms with E-state index in [0.717, 1.165) is 36.2 Å².